The number of hydrogen-bond donors (Lipinski definition) is 2. The molecule has 23 heavy (non-hydrogen) atoms. The van der Waals surface area contributed by atoms with Crippen LogP contribution in [0.3, 0.4) is 0 Å². The Bertz CT molecular complexity index is 864. The Balaban J connectivity index is 1.81. The molecule has 122 valence electrons. The minimum Gasteiger partial charge on any atom is -0.354 e. The largest absolute Gasteiger partial charge is 0.354 e. The standard InChI is InChI=1S/C14H17N5O4/c1-10-8-15-9-19(13(10)22)7-4-16-11(20)2-5-18-6-3-12(21)17-14(18)23/h3,6,8-9H,2,4-5,7H2,1H3,(H,16,20)(H,17,21,23). The van der Waals surface area contributed by atoms with E-state index < -0.39 is 11.2 Å². The molecule has 0 unspecified atom stereocenters. The van der Waals surface area contributed by atoms with E-state index in [1.807, 2.05) is 0 Å². The number of aromatic nitrogens is 4. The van der Waals surface area contributed by atoms with Gasteiger partial charge in [-0.25, -0.2) is 9.78 Å². The molecule has 2 heterocycles. The van der Waals surface area contributed by atoms with Crippen LogP contribution >= 0.6 is 0 Å². The van der Waals surface area contributed by atoms with Crippen LogP contribution in [0.15, 0.2) is 39.2 Å². The lowest BCUT2D eigenvalue weighted by molar-refractivity contribution is -0.121. The zero-order valence-electron chi connectivity index (χ0n) is 12.6. The second kappa shape index (κ2) is 7.34. The van der Waals surface area contributed by atoms with Gasteiger partial charge in [-0.1, -0.05) is 0 Å². The van der Waals surface area contributed by atoms with Gasteiger partial charge in [-0.15, -0.1) is 0 Å². The number of nitrogens with one attached hydrogen (secondary N) is 2. The zero-order valence-corrected chi connectivity index (χ0v) is 12.6. The van der Waals surface area contributed by atoms with Crippen LogP contribution in [0, 0.1) is 6.92 Å². The molecule has 9 heteroatoms. The fourth-order valence-electron chi connectivity index (χ4n) is 1.97. The van der Waals surface area contributed by atoms with Crippen molar-refractivity contribution in [3.63, 3.8) is 0 Å². The molecule has 0 radical (unpaired) electrons. The fraction of sp³-hybridized carbons (Fsp3) is 0.357. The van der Waals surface area contributed by atoms with E-state index in [0.29, 0.717) is 12.1 Å². The summed E-state index contributed by atoms with van der Waals surface area (Å²) in [5.74, 6) is -0.253. The molecule has 9 nitrogen and oxygen atoms in total. The van der Waals surface area contributed by atoms with Gasteiger partial charge < -0.3 is 9.88 Å². The van der Waals surface area contributed by atoms with E-state index in [-0.39, 0.29) is 31.0 Å². The molecule has 0 atom stereocenters. The van der Waals surface area contributed by atoms with Crippen molar-refractivity contribution in [2.24, 2.45) is 0 Å². The number of aromatic amines is 1. The summed E-state index contributed by atoms with van der Waals surface area (Å²) < 4.78 is 2.66. The van der Waals surface area contributed by atoms with Crippen molar-refractivity contribution < 1.29 is 4.79 Å². The van der Waals surface area contributed by atoms with Crippen molar-refractivity contribution in [1.82, 2.24) is 24.4 Å². The maximum absolute atomic E-state index is 11.8. The van der Waals surface area contributed by atoms with Gasteiger partial charge in [0.2, 0.25) is 5.91 Å². The monoisotopic (exact) mass is 319 g/mol. The van der Waals surface area contributed by atoms with Crippen LogP contribution in [0.25, 0.3) is 0 Å². The first kappa shape index (κ1) is 16.4. The predicted octanol–water partition coefficient (Wildman–Crippen LogP) is -1.39. The van der Waals surface area contributed by atoms with Gasteiger partial charge in [0.05, 0.1) is 6.33 Å². The van der Waals surface area contributed by atoms with Gasteiger partial charge in [0.15, 0.2) is 0 Å². The molecule has 2 aromatic rings. The first-order valence-electron chi connectivity index (χ1n) is 7.05. The maximum Gasteiger partial charge on any atom is 0.328 e. The highest BCUT2D eigenvalue weighted by atomic mass is 16.2. The molecule has 0 aliphatic heterocycles. The summed E-state index contributed by atoms with van der Waals surface area (Å²) in [6.07, 6.45) is 4.33. The van der Waals surface area contributed by atoms with Gasteiger partial charge in [0.1, 0.15) is 0 Å². The van der Waals surface area contributed by atoms with E-state index in [1.165, 1.54) is 33.9 Å². The third-order valence-corrected chi connectivity index (χ3v) is 3.22. The molecule has 2 N–H and O–H groups in total. The molecule has 1 amide bonds. The number of hydrogen-bond acceptors (Lipinski definition) is 5. The highest BCUT2D eigenvalue weighted by Crippen LogP contribution is 1.87. The number of nitrogens with zero attached hydrogens (tertiary/aromatic N) is 3. The van der Waals surface area contributed by atoms with Crippen LogP contribution in [0.4, 0.5) is 0 Å². The summed E-state index contributed by atoms with van der Waals surface area (Å²) in [5, 5.41) is 2.67. The zero-order chi connectivity index (χ0) is 16.8. The minimum absolute atomic E-state index is 0.0902. The Kier molecular flexibility index (Phi) is 5.23. The lowest BCUT2D eigenvalue weighted by Gasteiger charge is -2.08. The minimum atomic E-state index is -0.553. The van der Waals surface area contributed by atoms with Gasteiger partial charge >= 0.3 is 5.69 Å². The van der Waals surface area contributed by atoms with Crippen LogP contribution in [-0.4, -0.2) is 31.6 Å². The number of amides is 1. The van der Waals surface area contributed by atoms with E-state index in [0.717, 1.165) is 0 Å². The first-order chi connectivity index (χ1) is 11.0. The Hall–Kier alpha value is -2.97. The number of H-pyrrole nitrogens is 1. The van der Waals surface area contributed by atoms with Crippen LogP contribution in [-0.2, 0) is 17.9 Å². The van der Waals surface area contributed by atoms with Crippen LogP contribution in [0.1, 0.15) is 12.0 Å². The molecule has 0 saturated carbocycles. The van der Waals surface area contributed by atoms with Gasteiger partial charge in [0, 0.05) is 50.1 Å². The number of carbonyl (C=O) groups excluding carboxylic acids is 1. The molecule has 0 saturated heterocycles. The van der Waals surface area contributed by atoms with Crippen molar-refractivity contribution in [3.05, 3.63) is 61.5 Å². The van der Waals surface area contributed by atoms with Crippen molar-refractivity contribution in [2.45, 2.75) is 26.4 Å². The number of carbonyl (C=O) groups is 1. The summed E-state index contributed by atoms with van der Waals surface area (Å²) in [7, 11) is 0. The highest BCUT2D eigenvalue weighted by molar-refractivity contribution is 5.75. The van der Waals surface area contributed by atoms with Crippen molar-refractivity contribution >= 4 is 5.91 Å². The molecular weight excluding hydrogens is 302 g/mol. The molecule has 0 bridgehead atoms. The highest BCUT2D eigenvalue weighted by Gasteiger charge is 2.04. The Morgan fingerprint density at radius 2 is 2.04 bits per heavy atom. The van der Waals surface area contributed by atoms with E-state index >= 15 is 0 Å². The third-order valence-electron chi connectivity index (χ3n) is 3.22. The third kappa shape index (κ3) is 4.50. The van der Waals surface area contributed by atoms with Crippen molar-refractivity contribution in [2.75, 3.05) is 6.54 Å². The average Bonchev–Trinajstić information content (AvgIpc) is 2.50. The Morgan fingerprint density at radius 1 is 1.26 bits per heavy atom. The van der Waals surface area contributed by atoms with Gasteiger partial charge in [0.25, 0.3) is 11.1 Å². The second-order valence-corrected chi connectivity index (χ2v) is 4.98. The number of aryl methyl sites for hydroxylation is 2. The molecule has 2 rings (SSSR count). The molecule has 0 aliphatic rings. The fourth-order valence-corrected chi connectivity index (χ4v) is 1.97. The van der Waals surface area contributed by atoms with Crippen LogP contribution < -0.4 is 22.1 Å². The van der Waals surface area contributed by atoms with E-state index in [4.69, 9.17) is 0 Å². The molecule has 0 fully saturated rings. The molecule has 2 aromatic heterocycles. The predicted molar refractivity (Wildman–Crippen MR) is 82.2 cm³/mol. The van der Waals surface area contributed by atoms with Gasteiger partial charge in [-0.2, -0.15) is 0 Å². The Morgan fingerprint density at radius 3 is 2.78 bits per heavy atom. The Labute approximate surface area is 130 Å². The van der Waals surface area contributed by atoms with E-state index in [1.54, 1.807) is 6.92 Å². The van der Waals surface area contributed by atoms with Gasteiger partial charge in [-0.3, -0.25) is 23.9 Å². The average molecular weight is 319 g/mol. The molecule has 0 aliphatic carbocycles. The summed E-state index contributed by atoms with van der Waals surface area (Å²) in [6.45, 7) is 2.43. The summed E-state index contributed by atoms with van der Waals surface area (Å²) in [4.78, 5) is 51.9. The van der Waals surface area contributed by atoms with Crippen molar-refractivity contribution in [1.29, 1.82) is 0 Å². The lowest BCUT2D eigenvalue weighted by atomic mass is 10.3. The quantitative estimate of drug-likeness (QED) is 0.679. The van der Waals surface area contributed by atoms with Crippen LogP contribution in [0.5, 0.6) is 0 Å². The topological polar surface area (TPSA) is 119 Å². The van der Waals surface area contributed by atoms with E-state index in [9.17, 15) is 19.2 Å². The smallest absolute Gasteiger partial charge is 0.328 e. The SMILES string of the molecule is Cc1cncn(CCNC(=O)CCn2ccc(=O)[nH]c2=O)c1=O. The summed E-state index contributed by atoms with van der Waals surface area (Å²) in [5.41, 5.74) is -0.638. The normalized spacial score (nSPS) is 10.5. The first-order valence-corrected chi connectivity index (χ1v) is 7.05. The summed E-state index contributed by atoms with van der Waals surface area (Å²) >= 11 is 0. The van der Waals surface area contributed by atoms with Crippen molar-refractivity contribution in [3.8, 4) is 0 Å². The molecule has 0 spiro atoms. The van der Waals surface area contributed by atoms with Gasteiger partial charge in [-0.05, 0) is 6.92 Å². The lowest BCUT2D eigenvalue weighted by Crippen LogP contribution is -2.33. The summed E-state index contributed by atoms with van der Waals surface area (Å²) in [6, 6.07) is 1.22. The second-order valence-electron chi connectivity index (χ2n) is 4.98. The maximum atomic E-state index is 11.8. The molecule has 0 aromatic carbocycles. The van der Waals surface area contributed by atoms with Crippen LogP contribution in [0.2, 0.25) is 0 Å². The molecular formula is C14H17N5O4. The van der Waals surface area contributed by atoms with E-state index in [2.05, 4.69) is 15.3 Å². The number of rotatable bonds is 6.